The average molecular weight is 318 g/mol. The van der Waals surface area contributed by atoms with E-state index in [1.807, 2.05) is 0 Å². The predicted molar refractivity (Wildman–Crippen MR) is 76.5 cm³/mol. The largest absolute Gasteiger partial charge is 0.378 e. The number of thiophene rings is 1. The van der Waals surface area contributed by atoms with Gasteiger partial charge in [0.25, 0.3) is 0 Å². The van der Waals surface area contributed by atoms with Crippen molar-refractivity contribution in [2.24, 2.45) is 5.73 Å². The first-order valence-corrected chi connectivity index (χ1v) is 7.91. The minimum atomic E-state index is 0.163. The molecule has 2 rings (SSSR count). The van der Waals surface area contributed by atoms with Gasteiger partial charge in [0.05, 0.1) is 6.10 Å². The van der Waals surface area contributed by atoms with Gasteiger partial charge in [0, 0.05) is 26.9 Å². The van der Waals surface area contributed by atoms with Crippen LogP contribution >= 0.6 is 27.3 Å². The van der Waals surface area contributed by atoms with E-state index < -0.39 is 0 Å². The van der Waals surface area contributed by atoms with Crippen LogP contribution in [0.4, 0.5) is 0 Å². The van der Waals surface area contributed by atoms with Gasteiger partial charge in [-0.1, -0.05) is 0 Å². The fourth-order valence-corrected chi connectivity index (χ4v) is 3.80. The van der Waals surface area contributed by atoms with Gasteiger partial charge in [0.2, 0.25) is 0 Å². The van der Waals surface area contributed by atoms with Crippen LogP contribution in [0.5, 0.6) is 0 Å². The summed E-state index contributed by atoms with van der Waals surface area (Å²) in [7, 11) is 0. The summed E-state index contributed by atoms with van der Waals surface area (Å²) in [5.41, 5.74) is 6.23. The Hall–Kier alpha value is 0.100. The molecule has 1 fully saturated rings. The molecule has 2 atom stereocenters. The van der Waals surface area contributed by atoms with Crippen molar-refractivity contribution in [1.29, 1.82) is 0 Å². The lowest BCUT2D eigenvalue weighted by Crippen LogP contribution is -2.21. The van der Waals surface area contributed by atoms with Crippen LogP contribution in [0, 0.1) is 6.92 Å². The number of hydrogen-bond donors (Lipinski definition) is 1. The molecule has 2 N–H and O–H groups in total. The number of hydrogen-bond acceptors (Lipinski definition) is 3. The molecule has 0 radical (unpaired) electrons. The molecule has 17 heavy (non-hydrogen) atoms. The third-order valence-electron chi connectivity index (χ3n) is 3.32. The highest BCUT2D eigenvalue weighted by Crippen LogP contribution is 2.32. The Balaban J connectivity index is 1.82. The fraction of sp³-hybridized carbons (Fsp3) is 0.692. The predicted octanol–water partition coefficient (Wildman–Crippen LogP) is 4.17. The van der Waals surface area contributed by atoms with Crippen molar-refractivity contribution in [3.63, 3.8) is 0 Å². The van der Waals surface area contributed by atoms with Gasteiger partial charge < -0.3 is 10.5 Å². The second-order valence-electron chi connectivity index (χ2n) is 4.73. The zero-order chi connectivity index (χ0) is 12.3. The quantitative estimate of drug-likeness (QED) is 0.904. The van der Waals surface area contributed by atoms with Gasteiger partial charge in [-0.25, -0.2) is 0 Å². The summed E-state index contributed by atoms with van der Waals surface area (Å²) >= 11 is 5.34. The summed E-state index contributed by atoms with van der Waals surface area (Å²) in [6.45, 7) is 3.05. The number of ether oxygens (including phenoxy) is 1. The Bertz CT molecular complexity index is 341. The number of rotatable bonds is 4. The molecule has 2 nitrogen and oxygen atoms in total. The highest BCUT2D eigenvalue weighted by atomic mass is 79.9. The maximum Gasteiger partial charge on any atom is 0.0575 e. The number of halogens is 1. The standard InChI is InChI=1S/C13H20BrNOS/c1-9-11(14)8-13(17-9)12(15)6-5-10-4-2-3-7-16-10/h8,10,12H,2-7,15H2,1H3. The minimum Gasteiger partial charge on any atom is -0.378 e. The SMILES string of the molecule is Cc1sc(C(N)CCC2CCCCO2)cc1Br. The molecule has 1 saturated heterocycles. The molecule has 0 aromatic carbocycles. The van der Waals surface area contributed by atoms with E-state index in [2.05, 4.69) is 28.9 Å². The first-order valence-electron chi connectivity index (χ1n) is 6.30. The highest BCUT2D eigenvalue weighted by Gasteiger charge is 2.17. The van der Waals surface area contributed by atoms with Crippen molar-refractivity contribution >= 4 is 27.3 Å². The molecular weight excluding hydrogens is 298 g/mol. The molecule has 2 heterocycles. The number of aryl methyl sites for hydroxylation is 1. The van der Waals surface area contributed by atoms with Gasteiger partial charge >= 0.3 is 0 Å². The van der Waals surface area contributed by atoms with E-state index in [0.29, 0.717) is 6.10 Å². The summed E-state index contributed by atoms with van der Waals surface area (Å²) in [6.07, 6.45) is 6.30. The molecule has 0 amide bonds. The Morgan fingerprint density at radius 3 is 3.00 bits per heavy atom. The van der Waals surface area contributed by atoms with E-state index in [-0.39, 0.29) is 6.04 Å². The second-order valence-corrected chi connectivity index (χ2v) is 6.87. The maximum atomic E-state index is 6.23. The average Bonchev–Trinajstić information content (AvgIpc) is 2.68. The number of nitrogens with two attached hydrogens (primary N) is 1. The van der Waals surface area contributed by atoms with Crippen LogP contribution in [-0.2, 0) is 4.74 Å². The molecule has 1 aliphatic rings. The van der Waals surface area contributed by atoms with Gasteiger partial charge in [-0.3, -0.25) is 0 Å². The van der Waals surface area contributed by atoms with Gasteiger partial charge in [0.1, 0.15) is 0 Å². The van der Waals surface area contributed by atoms with Crippen molar-refractivity contribution < 1.29 is 4.74 Å². The Kier molecular flexibility index (Phi) is 5.03. The van der Waals surface area contributed by atoms with Crippen LogP contribution < -0.4 is 5.73 Å². The van der Waals surface area contributed by atoms with Crippen molar-refractivity contribution in [2.45, 2.75) is 51.2 Å². The smallest absolute Gasteiger partial charge is 0.0575 e. The molecule has 1 aromatic rings. The lowest BCUT2D eigenvalue weighted by Gasteiger charge is -2.23. The first kappa shape index (κ1) is 13.5. The van der Waals surface area contributed by atoms with E-state index in [4.69, 9.17) is 10.5 Å². The Morgan fingerprint density at radius 1 is 1.59 bits per heavy atom. The molecule has 2 unspecified atom stereocenters. The van der Waals surface area contributed by atoms with Gasteiger partial charge in [-0.05, 0) is 61.0 Å². The zero-order valence-corrected chi connectivity index (χ0v) is 12.6. The first-order chi connectivity index (χ1) is 8.16. The normalized spacial score (nSPS) is 22.6. The summed E-state index contributed by atoms with van der Waals surface area (Å²) in [5.74, 6) is 0. The Labute approximate surface area is 116 Å². The molecule has 1 aliphatic heterocycles. The van der Waals surface area contributed by atoms with Crippen LogP contribution in [0.15, 0.2) is 10.5 Å². The van der Waals surface area contributed by atoms with E-state index in [0.717, 1.165) is 19.4 Å². The van der Waals surface area contributed by atoms with E-state index in [1.54, 1.807) is 11.3 Å². The molecule has 4 heteroatoms. The topological polar surface area (TPSA) is 35.2 Å². The van der Waals surface area contributed by atoms with Crippen LogP contribution in [0.25, 0.3) is 0 Å². The maximum absolute atomic E-state index is 6.23. The van der Waals surface area contributed by atoms with Gasteiger partial charge in [0.15, 0.2) is 0 Å². The van der Waals surface area contributed by atoms with Crippen molar-refractivity contribution in [3.05, 3.63) is 20.3 Å². The van der Waals surface area contributed by atoms with Crippen LogP contribution in [-0.4, -0.2) is 12.7 Å². The van der Waals surface area contributed by atoms with Crippen LogP contribution in [0.2, 0.25) is 0 Å². The van der Waals surface area contributed by atoms with Crippen molar-refractivity contribution in [1.82, 2.24) is 0 Å². The third kappa shape index (κ3) is 3.78. The highest BCUT2D eigenvalue weighted by molar-refractivity contribution is 9.10. The monoisotopic (exact) mass is 317 g/mol. The zero-order valence-electron chi connectivity index (χ0n) is 10.2. The Morgan fingerprint density at radius 2 is 2.41 bits per heavy atom. The molecule has 1 aromatic heterocycles. The summed E-state index contributed by atoms with van der Waals surface area (Å²) in [4.78, 5) is 2.59. The lowest BCUT2D eigenvalue weighted by molar-refractivity contribution is 0.00917. The molecule has 0 bridgehead atoms. The summed E-state index contributed by atoms with van der Waals surface area (Å²) in [6, 6.07) is 2.32. The van der Waals surface area contributed by atoms with Crippen LogP contribution in [0.3, 0.4) is 0 Å². The second kappa shape index (κ2) is 6.32. The van der Waals surface area contributed by atoms with Gasteiger partial charge in [-0.2, -0.15) is 0 Å². The van der Waals surface area contributed by atoms with E-state index >= 15 is 0 Å². The summed E-state index contributed by atoms with van der Waals surface area (Å²) in [5, 5.41) is 0. The van der Waals surface area contributed by atoms with Crippen LogP contribution in [0.1, 0.15) is 47.9 Å². The van der Waals surface area contributed by atoms with E-state index in [9.17, 15) is 0 Å². The van der Waals surface area contributed by atoms with Crippen molar-refractivity contribution in [3.8, 4) is 0 Å². The third-order valence-corrected chi connectivity index (χ3v) is 5.58. The molecule has 96 valence electrons. The minimum absolute atomic E-state index is 0.163. The lowest BCUT2D eigenvalue weighted by atomic mass is 10.0. The molecule has 0 saturated carbocycles. The molecular formula is C13H20BrNOS. The summed E-state index contributed by atoms with van der Waals surface area (Å²) < 4.78 is 6.91. The van der Waals surface area contributed by atoms with Gasteiger partial charge in [-0.15, -0.1) is 11.3 Å². The van der Waals surface area contributed by atoms with Crippen molar-refractivity contribution in [2.75, 3.05) is 6.61 Å². The molecule has 0 spiro atoms. The fourth-order valence-electron chi connectivity index (χ4n) is 2.21. The molecule has 0 aliphatic carbocycles. The van der Waals surface area contributed by atoms with E-state index in [1.165, 1.54) is 33.5 Å².